The molecule has 6 nitrogen and oxygen atoms in total. The van der Waals surface area contributed by atoms with E-state index >= 15 is 0 Å². The van der Waals surface area contributed by atoms with E-state index in [0.717, 1.165) is 16.6 Å². The van der Waals surface area contributed by atoms with Gasteiger partial charge in [-0.25, -0.2) is 23.1 Å². The molecule has 5 rings (SSSR count). The van der Waals surface area contributed by atoms with E-state index in [1.54, 1.807) is 0 Å². The Kier molecular flexibility index (Phi) is 5.72. The van der Waals surface area contributed by atoms with Crippen molar-refractivity contribution in [1.29, 1.82) is 0 Å². The van der Waals surface area contributed by atoms with Crippen molar-refractivity contribution in [2.24, 2.45) is 0 Å². The molecule has 2 aliphatic rings. The van der Waals surface area contributed by atoms with Crippen LogP contribution >= 0.6 is 0 Å². The highest BCUT2D eigenvalue weighted by molar-refractivity contribution is 5.78. The average molecular weight is 458 g/mol. The van der Waals surface area contributed by atoms with Gasteiger partial charge in [-0.1, -0.05) is 6.08 Å². The summed E-state index contributed by atoms with van der Waals surface area (Å²) in [5.41, 5.74) is 3.26. The van der Waals surface area contributed by atoms with Gasteiger partial charge in [0.2, 0.25) is 0 Å². The summed E-state index contributed by atoms with van der Waals surface area (Å²) in [6.07, 6.45) is 1.14. The maximum absolute atomic E-state index is 14.6. The molecular formula is C24H25F3N4O2. The molecule has 3 heterocycles. The number of nitrogens with zero attached hydrogens (tertiary/aromatic N) is 3. The molecule has 33 heavy (non-hydrogen) atoms. The second kappa shape index (κ2) is 8.55. The van der Waals surface area contributed by atoms with E-state index in [1.165, 1.54) is 12.4 Å². The average Bonchev–Trinajstić information content (AvgIpc) is 3.35. The summed E-state index contributed by atoms with van der Waals surface area (Å²) in [5.74, 6) is -0.808. The van der Waals surface area contributed by atoms with Gasteiger partial charge in [0.15, 0.2) is 0 Å². The molecule has 1 aliphatic heterocycles. The first-order valence-corrected chi connectivity index (χ1v) is 11.0. The lowest BCUT2D eigenvalue weighted by Gasteiger charge is -2.23. The van der Waals surface area contributed by atoms with E-state index in [9.17, 15) is 23.4 Å². The number of rotatable bonds is 5. The van der Waals surface area contributed by atoms with Crippen LogP contribution in [0.2, 0.25) is 0 Å². The van der Waals surface area contributed by atoms with Gasteiger partial charge in [0, 0.05) is 18.1 Å². The Hall–Kier alpha value is -2.75. The first kappa shape index (κ1) is 22.1. The standard InChI is InChI=1S/C24H25F3N4O2/c1-12-15-5-7-31(24(15)30-11-29-12)19-9-14(21(32)22(19)33)3-2-13-8-17(23(26)27)20(25)16-4-6-28-10-18(13)16/h5,7-9,11,19,21-23,28,32-33H,2-4,6,10H2,1H3/t19-,21-,22+/m1/s1. The van der Waals surface area contributed by atoms with E-state index in [1.807, 2.05) is 29.8 Å². The third kappa shape index (κ3) is 3.74. The molecule has 3 atom stereocenters. The molecule has 3 aromatic rings. The minimum atomic E-state index is -2.89. The van der Waals surface area contributed by atoms with Crippen LogP contribution in [-0.4, -0.2) is 43.5 Å². The van der Waals surface area contributed by atoms with Crippen molar-refractivity contribution < 1.29 is 23.4 Å². The van der Waals surface area contributed by atoms with Crippen LogP contribution in [0.15, 0.2) is 36.3 Å². The zero-order valence-electron chi connectivity index (χ0n) is 18.1. The van der Waals surface area contributed by atoms with Gasteiger partial charge in [-0.3, -0.25) is 0 Å². The lowest BCUT2D eigenvalue weighted by atomic mass is 9.89. The molecule has 0 unspecified atom stereocenters. The molecule has 0 spiro atoms. The van der Waals surface area contributed by atoms with E-state index in [4.69, 9.17) is 0 Å². The Labute approximate surface area is 188 Å². The van der Waals surface area contributed by atoms with Crippen LogP contribution in [0, 0.1) is 12.7 Å². The zero-order chi connectivity index (χ0) is 23.3. The molecule has 1 aromatic carbocycles. The van der Waals surface area contributed by atoms with Crippen LogP contribution in [0.3, 0.4) is 0 Å². The highest BCUT2D eigenvalue weighted by atomic mass is 19.3. The molecule has 0 saturated heterocycles. The van der Waals surface area contributed by atoms with E-state index in [2.05, 4.69) is 15.3 Å². The number of nitrogens with one attached hydrogen (secondary N) is 1. The topological polar surface area (TPSA) is 83.2 Å². The SMILES string of the molecule is Cc1ncnc2c1ccn2[C@@H]1C=C(CCc2cc(C(F)F)c(F)c3c2CNCC3)[C@@H](O)[C@H]1O. The lowest BCUT2D eigenvalue weighted by molar-refractivity contribution is 0.0317. The van der Waals surface area contributed by atoms with Crippen LogP contribution in [0.5, 0.6) is 0 Å². The Morgan fingerprint density at radius 2 is 2.03 bits per heavy atom. The molecule has 2 aromatic heterocycles. The number of alkyl halides is 2. The lowest BCUT2D eigenvalue weighted by Crippen LogP contribution is -2.29. The predicted molar refractivity (Wildman–Crippen MR) is 116 cm³/mol. The fourth-order valence-corrected chi connectivity index (χ4v) is 5.04. The normalized spacial score (nSPS) is 22.8. The number of hydrogen-bond acceptors (Lipinski definition) is 5. The number of aliphatic hydroxyl groups is 2. The van der Waals surface area contributed by atoms with Gasteiger partial charge < -0.3 is 20.1 Å². The van der Waals surface area contributed by atoms with Crippen LogP contribution in [0.25, 0.3) is 11.0 Å². The molecule has 9 heteroatoms. The highest BCUT2D eigenvalue weighted by Gasteiger charge is 2.36. The van der Waals surface area contributed by atoms with Gasteiger partial charge in [0.1, 0.15) is 30.0 Å². The van der Waals surface area contributed by atoms with Crippen LogP contribution in [0.1, 0.15) is 46.8 Å². The predicted octanol–water partition coefficient (Wildman–Crippen LogP) is 3.30. The van der Waals surface area contributed by atoms with Gasteiger partial charge in [0.05, 0.1) is 17.3 Å². The molecule has 0 radical (unpaired) electrons. The first-order valence-electron chi connectivity index (χ1n) is 11.0. The highest BCUT2D eigenvalue weighted by Crippen LogP contribution is 2.36. The van der Waals surface area contributed by atoms with Gasteiger partial charge in [-0.2, -0.15) is 0 Å². The fraction of sp³-hybridized carbons (Fsp3) is 0.417. The van der Waals surface area contributed by atoms with Crippen molar-refractivity contribution in [1.82, 2.24) is 19.9 Å². The second-order valence-electron chi connectivity index (χ2n) is 8.71. The Bertz CT molecular complexity index is 1240. The Morgan fingerprint density at radius 3 is 2.82 bits per heavy atom. The van der Waals surface area contributed by atoms with Crippen molar-refractivity contribution >= 4 is 11.0 Å². The van der Waals surface area contributed by atoms with Crippen molar-refractivity contribution in [3.63, 3.8) is 0 Å². The van der Waals surface area contributed by atoms with Gasteiger partial charge >= 0.3 is 0 Å². The molecule has 0 bridgehead atoms. The number of benzene rings is 1. The van der Waals surface area contributed by atoms with Crippen molar-refractivity contribution in [2.45, 2.75) is 57.4 Å². The number of halogens is 3. The summed E-state index contributed by atoms with van der Waals surface area (Å²) in [5, 5.41) is 25.5. The van der Waals surface area contributed by atoms with E-state index < -0.39 is 36.1 Å². The number of aryl methyl sites for hydroxylation is 2. The fourth-order valence-electron chi connectivity index (χ4n) is 5.04. The zero-order valence-corrected chi connectivity index (χ0v) is 18.1. The smallest absolute Gasteiger partial charge is 0.266 e. The number of aliphatic hydroxyl groups excluding tert-OH is 2. The quantitative estimate of drug-likeness (QED) is 0.511. The number of aromatic nitrogens is 3. The minimum Gasteiger partial charge on any atom is -0.388 e. The summed E-state index contributed by atoms with van der Waals surface area (Å²) < 4.78 is 43.3. The minimum absolute atomic E-state index is 0.356. The van der Waals surface area contributed by atoms with Gasteiger partial charge in [0.25, 0.3) is 6.43 Å². The third-order valence-electron chi connectivity index (χ3n) is 6.84. The summed E-state index contributed by atoms with van der Waals surface area (Å²) in [7, 11) is 0. The molecular weight excluding hydrogens is 433 g/mol. The van der Waals surface area contributed by atoms with Gasteiger partial charge in [-0.05, 0) is 67.1 Å². The van der Waals surface area contributed by atoms with Crippen LogP contribution < -0.4 is 5.32 Å². The first-order chi connectivity index (χ1) is 15.9. The summed E-state index contributed by atoms with van der Waals surface area (Å²) in [6, 6.07) is 2.61. The van der Waals surface area contributed by atoms with Gasteiger partial charge in [-0.15, -0.1) is 0 Å². The molecule has 0 amide bonds. The largest absolute Gasteiger partial charge is 0.388 e. The molecule has 3 N–H and O–H groups in total. The van der Waals surface area contributed by atoms with Crippen LogP contribution in [-0.2, 0) is 19.4 Å². The summed E-state index contributed by atoms with van der Waals surface area (Å²) in [4.78, 5) is 8.51. The van der Waals surface area contributed by atoms with Crippen molar-refractivity contribution in [3.8, 4) is 0 Å². The molecule has 0 saturated carbocycles. The Morgan fingerprint density at radius 1 is 1.21 bits per heavy atom. The number of hydrogen-bond donors (Lipinski definition) is 3. The summed E-state index contributed by atoms with van der Waals surface area (Å²) in [6.45, 7) is 2.84. The maximum atomic E-state index is 14.6. The van der Waals surface area contributed by atoms with E-state index in [0.29, 0.717) is 54.7 Å². The Balaban J connectivity index is 1.44. The monoisotopic (exact) mass is 458 g/mol. The maximum Gasteiger partial charge on any atom is 0.266 e. The van der Waals surface area contributed by atoms with Crippen LogP contribution in [0.4, 0.5) is 13.2 Å². The second-order valence-corrected chi connectivity index (χ2v) is 8.71. The molecule has 174 valence electrons. The molecule has 1 aliphatic carbocycles. The third-order valence-corrected chi connectivity index (χ3v) is 6.84. The summed E-state index contributed by atoms with van der Waals surface area (Å²) >= 11 is 0. The van der Waals surface area contributed by atoms with E-state index in [-0.39, 0.29) is 0 Å². The van der Waals surface area contributed by atoms with Crippen molar-refractivity contribution in [2.75, 3.05) is 6.54 Å². The van der Waals surface area contributed by atoms with Crippen molar-refractivity contribution in [3.05, 3.63) is 70.1 Å². The number of fused-ring (bicyclic) bond motifs is 2. The molecule has 0 fully saturated rings.